The molecule has 0 aliphatic carbocycles. The maximum absolute atomic E-state index is 10.1. The molecular weight excluding hydrogens is 280 g/mol. The van der Waals surface area contributed by atoms with Gasteiger partial charge in [0.05, 0.1) is 0 Å². The standard InChI is InChI=1S/C22H30O/c1-16-8-10-20(21(23)13-16)15-18-9-11-19(17(2)14-18)7-6-12-22(3,4)5/h8-11,13-14,23H,6-7,12,15H2,1-5H3. The summed E-state index contributed by atoms with van der Waals surface area (Å²) >= 11 is 0. The molecule has 0 heterocycles. The lowest BCUT2D eigenvalue weighted by Gasteiger charge is -2.18. The van der Waals surface area contributed by atoms with Crippen LogP contribution in [0.3, 0.4) is 0 Å². The summed E-state index contributed by atoms with van der Waals surface area (Å²) in [7, 11) is 0. The van der Waals surface area contributed by atoms with Gasteiger partial charge in [0.15, 0.2) is 0 Å². The van der Waals surface area contributed by atoms with Gasteiger partial charge in [-0.05, 0) is 72.4 Å². The molecule has 0 aliphatic rings. The van der Waals surface area contributed by atoms with E-state index in [1.165, 1.54) is 29.5 Å². The average molecular weight is 310 g/mol. The van der Waals surface area contributed by atoms with Gasteiger partial charge in [-0.15, -0.1) is 0 Å². The molecule has 0 amide bonds. The Morgan fingerprint density at radius 3 is 2.22 bits per heavy atom. The first-order valence-corrected chi connectivity index (χ1v) is 8.61. The van der Waals surface area contributed by atoms with E-state index in [4.69, 9.17) is 0 Å². The third-order valence-electron chi connectivity index (χ3n) is 4.42. The van der Waals surface area contributed by atoms with Crippen LogP contribution in [-0.4, -0.2) is 5.11 Å². The second kappa shape index (κ2) is 7.21. The van der Waals surface area contributed by atoms with Crippen LogP contribution in [-0.2, 0) is 12.8 Å². The van der Waals surface area contributed by atoms with E-state index in [2.05, 4.69) is 52.0 Å². The molecule has 1 heteroatoms. The summed E-state index contributed by atoms with van der Waals surface area (Å²) in [6.45, 7) is 11.1. The van der Waals surface area contributed by atoms with Gasteiger partial charge in [-0.1, -0.05) is 51.1 Å². The molecule has 2 aromatic carbocycles. The highest BCUT2D eigenvalue weighted by atomic mass is 16.3. The van der Waals surface area contributed by atoms with Crippen molar-refractivity contribution in [3.05, 3.63) is 64.2 Å². The lowest BCUT2D eigenvalue weighted by molar-refractivity contribution is 0.365. The van der Waals surface area contributed by atoms with E-state index in [0.717, 1.165) is 24.0 Å². The highest BCUT2D eigenvalue weighted by Gasteiger charge is 2.10. The summed E-state index contributed by atoms with van der Waals surface area (Å²) in [5.74, 6) is 0.400. The average Bonchev–Trinajstić information content (AvgIpc) is 2.43. The monoisotopic (exact) mass is 310 g/mol. The van der Waals surface area contributed by atoms with Gasteiger partial charge in [-0.25, -0.2) is 0 Å². The second-order valence-corrected chi connectivity index (χ2v) is 7.98. The summed E-state index contributed by atoms with van der Waals surface area (Å²) < 4.78 is 0. The Kier molecular flexibility index (Phi) is 5.51. The molecule has 1 nitrogen and oxygen atoms in total. The molecular formula is C22H30O. The molecule has 0 saturated heterocycles. The molecule has 0 radical (unpaired) electrons. The summed E-state index contributed by atoms with van der Waals surface area (Å²) in [5.41, 5.74) is 6.58. The van der Waals surface area contributed by atoms with Gasteiger partial charge in [-0.2, -0.15) is 0 Å². The van der Waals surface area contributed by atoms with Crippen LogP contribution >= 0.6 is 0 Å². The normalized spacial score (nSPS) is 11.7. The molecule has 0 bridgehead atoms. The van der Waals surface area contributed by atoms with Gasteiger partial charge in [0.1, 0.15) is 5.75 Å². The molecule has 1 N–H and O–H groups in total. The number of aromatic hydroxyl groups is 1. The van der Waals surface area contributed by atoms with Crippen LogP contribution < -0.4 is 0 Å². The zero-order chi connectivity index (χ0) is 17.0. The van der Waals surface area contributed by atoms with E-state index < -0.39 is 0 Å². The third-order valence-corrected chi connectivity index (χ3v) is 4.42. The van der Waals surface area contributed by atoms with Crippen molar-refractivity contribution in [2.24, 2.45) is 5.41 Å². The predicted octanol–water partition coefficient (Wildman–Crippen LogP) is 5.97. The first-order valence-electron chi connectivity index (χ1n) is 8.61. The minimum atomic E-state index is 0.400. The minimum absolute atomic E-state index is 0.400. The Hall–Kier alpha value is -1.76. The van der Waals surface area contributed by atoms with Crippen molar-refractivity contribution < 1.29 is 5.11 Å². The quantitative estimate of drug-likeness (QED) is 0.721. The number of phenolic OH excluding ortho intramolecular Hbond substituents is 1. The lowest BCUT2D eigenvalue weighted by atomic mass is 9.88. The van der Waals surface area contributed by atoms with Crippen LogP contribution in [0.1, 0.15) is 61.4 Å². The Balaban J connectivity index is 2.04. The van der Waals surface area contributed by atoms with Crippen molar-refractivity contribution >= 4 is 0 Å². The van der Waals surface area contributed by atoms with Gasteiger partial charge in [0.2, 0.25) is 0 Å². The number of hydrogen-bond donors (Lipinski definition) is 1. The van der Waals surface area contributed by atoms with Crippen molar-refractivity contribution in [1.29, 1.82) is 0 Å². The molecule has 2 rings (SSSR count). The molecule has 0 atom stereocenters. The Morgan fingerprint density at radius 1 is 0.913 bits per heavy atom. The minimum Gasteiger partial charge on any atom is -0.508 e. The molecule has 0 saturated carbocycles. The van der Waals surface area contributed by atoms with Crippen molar-refractivity contribution in [1.82, 2.24) is 0 Å². The van der Waals surface area contributed by atoms with Crippen molar-refractivity contribution in [2.75, 3.05) is 0 Å². The molecule has 124 valence electrons. The van der Waals surface area contributed by atoms with Crippen LogP contribution in [0.5, 0.6) is 5.75 Å². The summed E-state index contributed by atoms with van der Waals surface area (Å²) in [6, 6.07) is 12.7. The van der Waals surface area contributed by atoms with E-state index in [9.17, 15) is 5.11 Å². The summed E-state index contributed by atoms with van der Waals surface area (Å²) in [5, 5.41) is 10.1. The molecule has 0 aromatic heterocycles. The van der Waals surface area contributed by atoms with Crippen molar-refractivity contribution in [2.45, 2.75) is 60.3 Å². The maximum Gasteiger partial charge on any atom is 0.119 e. The molecule has 0 aliphatic heterocycles. The van der Waals surface area contributed by atoms with Gasteiger partial charge in [-0.3, -0.25) is 0 Å². The van der Waals surface area contributed by atoms with E-state index >= 15 is 0 Å². The Morgan fingerprint density at radius 2 is 1.61 bits per heavy atom. The van der Waals surface area contributed by atoms with Crippen molar-refractivity contribution in [3.63, 3.8) is 0 Å². The van der Waals surface area contributed by atoms with Crippen LogP contribution in [0.15, 0.2) is 36.4 Å². The number of benzene rings is 2. The van der Waals surface area contributed by atoms with Gasteiger partial charge in [0, 0.05) is 6.42 Å². The fourth-order valence-electron chi connectivity index (χ4n) is 3.00. The number of phenols is 1. The van der Waals surface area contributed by atoms with E-state index in [1.807, 2.05) is 19.1 Å². The zero-order valence-corrected chi connectivity index (χ0v) is 15.2. The zero-order valence-electron chi connectivity index (χ0n) is 15.2. The highest BCUT2D eigenvalue weighted by Crippen LogP contribution is 2.25. The van der Waals surface area contributed by atoms with E-state index in [1.54, 1.807) is 0 Å². The molecule has 0 fully saturated rings. The third kappa shape index (κ3) is 5.42. The van der Waals surface area contributed by atoms with E-state index in [-0.39, 0.29) is 0 Å². The van der Waals surface area contributed by atoms with Crippen LogP contribution in [0.25, 0.3) is 0 Å². The van der Waals surface area contributed by atoms with Crippen LogP contribution in [0.4, 0.5) is 0 Å². The first-order chi connectivity index (χ1) is 10.7. The largest absolute Gasteiger partial charge is 0.508 e. The maximum atomic E-state index is 10.1. The van der Waals surface area contributed by atoms with Gasteiger partial charge < -0.3 is 5.11 Å². The first kappa shape index (κ1) is 17.6. The van der Waals surface area contributed by atoms with Crippen molar-refractivity contribution in [3.8, 4) is 5.75 Å². The number of aryl methyl sites for hydroxylation is 3. The fourth-order valence-corrected chi connectivity index (χ4v) is 3.00. The molecule has 0 unspecified atom stereocenters. The summed E-state index contributed by atoms with van der Waals surface area (Å²) in [4.78, 5) is 0. The number of hydrogen-bond acceptors (Lipinski definition) is 1. The topological polar surface area (TPSA) is 20.2 Å². The Labute approximate surface area is 141 Å². The Bertz CT molecular complexity index is 662. The highest BCUT2D eigenvalue weighted by molar-refractivity contribution is 5.41. The summed E-state index contributed by atoms with van der Waals surface area (Å²) in [6.07, 6.45) is 4.43. The van der Waals surface area contributed by atoms with Gasteiger partial charge in [0.25, 0.3) is 0 Å². The second-order valence-electron chi connectivity index (χ2n) is 7.98. The number of rotatable bonds is 5. The van der Waals surface area contributed by atoms with Crippen LogP contribution in [0, 0.1) is 19.3 Å². The molecule has 23 heavy (non-hydrogen) atoms. The van der Waals surface area contributed by atoms with Gasteiger partial charge >= 0.3 is 0 Å². The fraction of sp³-hybridized carbons (Fsp3) is 0.455. The van der Waals surface area contributed by atoms with Crippen LogP contribution in [0.2, 0.25) is 0 Å². The molecule has 0 spiro atoms. The smallest absolute Gasteiger partial charge is 0.119 e. The molecule has 2 aromatic rings. The predicted molar refractivity (Wildman–Crippen MR) is 99.2 cm³/mol. The lowest BCUT2D eigenvalue weighted by Crippen LogP contribution is -2.05. The van der Waals surface area contributed by atoms with E-state index in [0.29, 0.717) is 11.2 Å². The SMILES string of the molecule is Cc1ccc(Cc2ccc(CCCC(C)(C)C)c(C)c2)c(O)c1.